The SMILES string of the molecule is CC1CCC(CO)(NCc2ccccc2Br)CC1. The van der Waals surface area contributed by atoms with Gasteiger partial charge in [0.2, 0.25) is 0 Å². The topological polar surface area (TPSA) is 32.3 Å². The summed E-state index contributed by atoms with van der Waals surface area (Å²) in [6.45, 7) is 3.36. The van der Waals surface area contributed by atoms with E-state index in [4.69, 9.17) is 0 Å². The molecule has 100 valence electrons. The molecule has 1 aliphatic carbocycles. The normalized spacial score (nSPS) is 28.3. The minimum Gasteiger partial charge on any atom is -0.394 e. The molecular formula is C15H22BrNO. The first kappa shape index (κ1) is 14.0. The standard InChI is InChI=1S/C15H22BrNO/c1-12-6-8-15(11-18,9-7-12)17-10-13-4-2-3-5-14(13)16/h2-5,12,17-18H,6-11H2,1H3. The number of hydrogen-bond donors (Lipinski definition) is 2. The maximum absolute atomic E-state index is 9.70. The third-order valence-electron chi connectivity index (χ3n) is 4.15. The smallest absolute Gasteiger partial charge is 0.0613 e. The molecule has 18 heavy (non-hydrogen) atoms. The monoisotopic (exact) mass is 311 g/mol. The number of rotatable bonds is 4. The molecule has 0 bridgehead atoms. The van der Waals surface area contributed by atoms with Crippen molar-refractivity contribution >= 4 is 15.9 Å². The second-order valence-electron chi connectivity index (χ2n) is 5.57. The molecule has 1 fully saturated rings. The van der Waals surface area contributed by atoms with Gasteiger partial charge in [-0.3, -0.25) is 0 Å². The van der Waals surface area contributed by atoms with Crippen LogP contribution in [0.4, 0.5) is 0 Å². The van der Waals surface area contributed by atoms with E-state index >= 15 is 0 Å². The Morgan fingerprint density at radius 3 is 2.61 bits per heavy atom. The lowest BCUT2D eigenvalue weighted by atomic mass is 9.77. The molecular weight excluding hydrogens is 290 g/mol. The van der Waals surface area contributed by atoms with E-state index in [0.29, 0.717) is 0 Å². The summed E-state index contributed by atoms with van der Waals surface area (Å²) in [5.74, 6) is 0.801. The molecule has 0 unspecified atom stereocenters. The van der Waals surface area contributed by atoms with Crippen LogP contribution in [-0.2, 0) is 6.54 Å². The van der Waals surface area contributed by atoms with Gasteiger partial charge in [0, 0.05) is 16.6 Å². The number of benzene rings is 1. The summed E-state index contributed by atoms with van der Waals surface area (Å²) in [5, 5.41) is 13.3. The molecule has 2 nitrogen and oxygen atoms in total. The fourth-order valence-electron chi connectivity index (χ4n) is 2.63. The summed E-state index contributed by atoms with van der Waals surface area (Å²) in [7, 11) is 0. The Balaban J connectivity index is 1.97. The van der Waals surface area contributed by atoms with Crippen molar-refractivity contribution in [2.75, 3.05) is 6.61 Å². The van der Waals surface area contributed by atoms with Crippen LogP contribution in [0.2, 0.25) is 0 Å². The van der Waals surface area contributed by atoms with Gasteiger partial charge in [0.1, 0.15) is 0 Å². The van der Waals surface area contributed by atoms with Crippen molar-refractivity contribution in [2.45, 2.75) is 44.7 Å². The molecule has 0 heterocycles. The van der Waals surface area contributed by atoms with Crippen LogP contribution in [0.3, 0.4) is 0 Å². The quantitative estimate of drug-likeness (QED) is 0.892. The van der Waals surface area contributed by atoms with Gasteiger partial charge in [0.25, 0.3) is 0 Å². The highest BCUT2D eigenvalue weighted by atomic mass is 79.9. The Hall–Kier alpha value is -0.380. The first-order chi connectivity index (χ1) is 8.65. The number of aliphatic hydroxyl groups excluding tert-OH is 1. The Labute approximate surface area is 118 Å². The first-order valence-electron chi connectivity index (χ1n) is 6.74. The maximum Gasteiger partial charge on any atom is 0.0613 e. The Bertz CT molecular complexity index is 386. The zero-order chi connectivity index (χ0) is 13.0. The predicted molar refractivity (Wildman–Crippen MR) is 78.4 cm³/mol. The predicted octanol–water partition coefficient (Wildman–Crippen LogP) is 3.48. The summed E-state index contributed by atoms with van der Waals surface area (Å²) >= 11 is 3.57. The van der Waals surface area contributed by atoms with E-state index < -0.39 is 0 Å². The molecule has 2 N–H and O–H groups in total. The van der Waals surface area contributed by atoms with Crippen LogP contribution in [0.5, 0.6) is 0 Å². The third kappa shape index (κ3) is 3.34. The van der Waals surface area contributed by atoms with Crippen molar-refractivity contribution in [3.8, 4) is 0 Å². The van der Waals surface area contributed by atoms with E-state index in [9.17, 15) is 5.11 Å². The fourth-order valence-corrected chi connectivity index (χ4v) is 3.05. The molecule has 0 radical (unpaired) electrons. The van der Waals surface area contributed by atoms with Gasteiger partial charge >= 0.3 is 0 Å². The average molecular weight is 312 g/mol. The Kier molecular flexibility index (Phi) is 4.82. The van der Waals surface area contributed by atoms with E-state index in [-0.39, 0.29) is 12.1 Å². The second-order valence-corrected chi connectivity index (χ2v) is 6.42. The van der Waals surface area contributed by atoms with Crippen molar-refractivity contribution in [1.29, 1.82) is 0 Å². The molecule has 0 spiro atoms. The highest BCUT2D eigenvalue weighted by molar-refractivity contribution is 9.10. The Morgan fingerprint density at radius 2 is 2.00 bits per heavy atom. The number of aliphatic hydroxyl groups is 1. The third-order valence-corrected chi connectivity index (χ3v) is 4.92. The van der Waals surface area contributed by atoms with Gasteiger partial charge < -0.3 is 10.4 Å². The molecule has 3 heteroatoms. The average Bonchev–Trinajstić information content (AvgIpc) is 2.40. The lowest BCUT2D eigenvalue weighted by Crippen LogP contribution is -2.50. The summed E-state index contributed by atoms with van der Waals surface area (Å²) in [6.07, 6.45) is 4.58. The van der Waals surface area contributed by atoms with E-state index in [2.05, 4.69) is 46.4 Å². The number of halogens is 1. The zero-order valence-electron chi connectivity index (χ0n) is 11.0. The van der Waals surface area contributed by atoms with E-state index in [0.717, 1.165) is 29.8 Å². The van der Waals surface area contributed by atoms with Crippen molar-refractivity contribution in [2.24, 2.45) is 5.92 Å². The van der Waals surface area contributed by atoms with Gasteiger partial charge in [-0.05, 0) is 43.2 Å². The zero-order valence-corrected chi connectivity index (χ0v) is 12.5. The molecule has 1 saturated carbocycles. The van der Waals surface area contributed by atoms with Gasteiger partial charge in [-0.25, -0.2) is 0 Å². The fraction of sp³-hybridized carbons (Fsp3) is 0.600. The second kappa shape index (κ2) is 6.18. The van der Waals surface area contributed by atoms with Crippen LogP contribution < -0.4 is 5.32 Å². The molecule has 0 aliphatic heterocycles. The molecule has 0 aromatic heterocycles. The van der Waals surface area contributed by atoms with Gasteiger partial charge in [-0.2, -0.15) is 0 Å². The highest BCUT2D eigenvalue weighted by Crippen LogP contribution is 2.32. The number of nitrogens with one attached hydrogen (secondary N) is 1. The summed E-state index contributed by atoms with van der Waals surface area (Å²) in [4.78, 5) is 0. The van der Waals surface area contributed by atoms with Gasteiger partial charge in [-0.1, -0.05) is 41.1 Å². The van der Waals surface area contributed by atoms with Crippen LogP contribution in [0.1, 0.15) is 38.2 Å². The Morgan fingerprint density at radius 1 is 1.33 bits per heavy atom. The summed E-state index contributed by atoms with van der Waals surface area (Å²) in [5.41, 5.74) is 1.19. The minimum atomic E-state index is -0.0677. The van der Waals surface area contributed by atoms with Crippen LogP contribution >= 0.6 is 15.9 Å². The summed E-state index contributed by atoms with van der Waals surface area (Å²) < 4.78 is 1.13. The van der Waals surface area contributed by atoms with E-state index in [1.54, 1.807) is 0 Å². The van der Waals surface area contributed by atoms with Crippen LogP contribution in [0, 0.1) is 5.92 Å². The van der Waals surface area contributed by atoms with Crippen molar-refractivity contribution in [3.63, 3.8) is 0 Å². The maximum atomic E-state index is 9.70. The van der Waals surface area contributed by atoms with Crippen molar-refractivity contribution in [1.82, 2.24) is 5.32 Å². The van der Waals surface area contributed by atoms with Crippen molar-refractivity contribution < 1.29 is 5.11 Å². The van der Waals surface area contributed by atoms with Crippen molar-refractivity contribution in [3.05, 3.63) is 34.3 Å². The van der Waals surface area contributed by atoms with E-state index in [1.165, 1.54) is 18.4 Å². The molecule has 1 aromatic carbocycles. The summed E-state index contributed by atoms with van der Waals surface area (Å²) in [6, 6.07) is 8.26. The van der Waals surface area contributed by atoms with Crippen LogP contribution in [0.25, 0.3) is 0 Å². The number of hydrogen-bond acceptors (Lipinski definition) is 2. The molecule has 0 atom stereocenters. The molecule has 0 amide bonds. The largest absolute Gasteiger partial charge is 0.394 e. The van der Waals surface area contributed by atoms with Gasteiger partial charge in [-0.15, -0.1) is 0 Å². The van der Waals surface area contributed by atoms with E-state index in [1.807, 2.05) is 6.07 Å². The van der Waals surface area contributed by atoms with Crippen LogP contribution in [-0.4, -0.2) is 17.3 Å². The lowest BCUT2D eigenvalue weighted by Gasteiger charge is -2.39. The molecule has 2 rings (SSSR count). The molecule has 0 saturated heterocycles. The molecule has 1 aromatic rings. The minimum absolute atomic E-state index is 0.0677. The molecule has 1 aliphatic rings. The highest BCUT2D eigenvalue weighted by Gasteiger charge is 2.32. The van der Waals surface area contributed by atoms with Gasteiger partial charge in [0.15, 0.2) is 0 Å². The first-order valence-corrected chi connectivity index (χ1v) is 7.54. The van der Waals surface area contributed by atoms with Gasteiger partial charge in [0.05, 0.1) is 6.61 Å². The lowest BCUT2D eigenvalue weighted by molar-refractivity contribution is 0.104. The van der Waals surface area contributed by atoms with Crippen LogP contribution in [0.15, 0.2) is 28.7 Å².